The van der Waals surface area contributed by atoms with Crippen molar-refractivity contribution in [2.45, 2.75) is 5.66 Å². The van der Waals surface area contributed by atoms with Crippen molar-refractivity contribution in [2.75, 3.05) is 0 Å². The van der Waals surface area contributed by atoms with Crippen LogP contribution < -0.4 is 0 Å². The monoisotopic (exact) mass is 508 g/mol. The Bertz CT molecular complexity index is 1250. The van der Waals surface area contributed by atoms with Crippen LogP contribution in [0.5, 0.6) is 0 Å². The Balaban J connectivity index is 1.92. The van der Waals surface area contributed by atoms with Crippen molar-refractivity contribution in [3.63, 3.8) is 0 Å². The summed E-state index contributed by atoms with van der Waals surface area (Å²) < 4.78 is 0. The number of nitrogens with zero attached hydrogens (tertiary/aromatic N) is 2. The Morgan fingerprint density at radius 1 is 0.424 bits per heavy atom. The summed E-state index contributed by atoms with van der Waals surface area (Å²) in [6, 6.07) is 30.4. The zero-order valence-corrected chi connectivity index (χ0v) is 20.2. The van der Waals surface area contributed by atoms with Gasteiger partial charge in [-0.25, -0.2) is 9.98 Å². The van der Waals surface area contributed by atoms with Gasteiger partial charge in [0.2, 0.25) is 5.66 Å². The summed E-state index contributed by atoms with van der Waals surface area (Å²) in [5, 5.41) is 1.70. The molecular weight excluding hydrogens is 494 g/mol. The predicted molar refractivity (Wildman–Crippen MR) is 140 cm³/mol. The fraction of sp³-hybridized carbons (Fsp3) is 0.0370. The molecule has 0 unspecified atom stereocenters. The molecule has 162 valence electrons. The molecule has 0 aliphatic carbocycles. The third kappa shape index (κ3) is 3.88. The number of hydrogen-bond donors (Lipinski definition) is 0. The molecule has 4 aromatic carbocycles. The van der Waals surface area contributed by atoms with E-state index in [-0.39, 0.29) is 0 Å². The largest absolute Gasteiger partial charge is 0.243 e. The molecule has 0 aromatic heterocycles. The third-order valence-electron chi connectivity index (χ3n) is 5.49. The van der Waals surface area contributed by atoms with E-state index in [1.54, 1.807) is 36.4 Å². The first-order valence-corrected chi connectivity index (χ1v) is 11.7. The van der Waals surface area contributed by atoms with E-state index in [0.717, 1.165) is 11.1 Å². The van der Waals surface area contributed by atoms with Gasteiger partial charge in [0.05, 0.1) is 31.5 Å². The van der Waals surface area contributed by atoms with Gasteiger partial charge in [-0.1, -0.05) is 119 Å². The summed E-state index contributed by atoms with van der Waals surface area (Å²) in [4.78, 5) is 10.4. The Morgan fingerprint density at radius 2 is 0.758 bits per heavy atom. The van der Waals surface area contributed by atoms with Crippen molar-refractivity contribution < 1.29 is 0 Å². The van der Waals surface area contributed by atoms with Crippen molar-refractivity contribution in [2.24, 2.45) is 9.98 Å². The maximum absolute atomic E-state index is 6.73. The summed E-state index contributed by atoms with van der Waals surface area (Å²) in [6.45, 7) is 0. The lowest BCUT2D eigenvalue weighted by atomic mass is 9.92. The van der Waals surface area contributed by atoms with Gasteiger partial charge in [0.15, 0.2) is 0 Å². The minimum Gasteiger partial charge on any atom is -0.243 e. The Labute approximate surface area is 212 Å². The first-order chi connectivity index (χ1) is 16.0. The lowest BCUT2D eigenvalue weighted by molar-refractivity contribution is 0.590. The molecule has 0 N–H and O–H groups in total. The van der Waals surface area contributed by atoms with Crippen LogP contribution >= 0.6 is 46.4 Å². The SMILES string of the molecule is Clc1cccc(Cl)c1C1(c2c(Cl)cccc2Cl)N=C(c2ccccc2)C(c2ccccc2)=N1. The van der Waals surface area contributed by atoms with Crippen molar-refractivity contribution in [1.29, 1.82) is 0 Å². The molecule has 0 atom stereocenters. The average Bonchev–Trinajstić information content (AvgIpc) is 3.21. The smallest absolute Gasteiger partial charge is 0.208 e. The topological polar surface area (TPSA) is 24.7 Å². The third-order valence-corrected chi connectivity index (χ3v) is 6.75. The van der Waals surface area contributed by atoms with Crippen LogP contribution in [0.4, 0.5) is 0 Å². The number of benzene rings is 4. The first-order valence-electron chi connectivity index (χ1n) is 10.2. The van der Waals surface area contributed by atoms with Gasteiger partial charge in [-0.3, -0.25) is 0 Å². The molecule has 2 nitrogen and oxygen atoms in total. The van der Waals surface area contributed by atoms with Gasteiger partial charge in [-0.15, -0.1) is 0 Å². The highest BCUT2D eigenvalue weighted by molar-refractivity contribution is 6.55. The second-order valence-electron chi connectivity index (χ2n) is 7.52. The molecule has 0 fully saturated rings. The maximum Gasteiger partial charge on any atom is 0.208 e. The summed E-state index contributed by atoms with van der Waals surface area (Å²) in [6.07, 6.45) is 0. The molecule has 0 bridgehead atoms. The quantitative estimate of drug-likeness (QED) is 0.263. The van der Waals surface area contributed by atoms with Gasteiger partial charge in [0.25, 0.3) is 0 Å². The van der Waals surface area contributed by atoms with Crippen molar-refractivity contribution >= 4 is 57.8 Å². The normalized spacial score (nSPS) is 14.7. The van der Waals surface area contributed by atoms with E-state index in [2.05, 4.69) is 0 Å². The molecule has 0 saturated carbocycles. The van der Waals surface area contributed by atoms with E-state index in [4.69, 9.17) is 56.4 Å². The van der Waals surface area contributed by atoms with Crippen LogP contribution in [0.2, 0.25) is 20.1 Å². The molecular formula is C27H16Cl4N2. The molecule has 0 radical (unpaired) electrons. The van der Waals surface area contributed by atoms with Crippen LogP contribution in [-0.4, -0.2) is 11.4 Å². The van der Waals surface area contributed by atoms with Crippen LogP contribution in [0.25, 0.3) is 0 Å². The van der Waals surface area contributed by atoms with E-state index in [1.807, 2.05) is 60.7 Å². The van der Waals surface area contributed by atoms with Crippen LogP contribution in [0.1, 0.15) is 22.3 Å². The lowest BCUT2D eigenvalue weighted by Gasteiger charge is -2.28. The predicted octanol–water partition coefficient (Wildman–Crippen LogP) is 8.49. The van der Waals surface area contributed by atoms with Gasteiger partial charge in [0.1, 0.15) is 0 Å². The molecule has 4 aromatic rings. The van der Waals surface area contributed by atoms with Crippen molar-refractivity contribution in [3.8, 4) is 0 Å². The van der Waals surface area contributed by atoms with E-state index < -0.39 is 5.66 Å². The molecule has 0 saturated heterocycles. The molecule has 0 amide bonds. The van der Waals surface area contributed by atoms with Gasteiger partial charge in [-0.05, 0) is 24.3 Å². The van der Waals surface area contributed by atoms with E-state index >= 15 is 0 Å². The number of aliphatic imine (C=N–C) groups is 2. The summed E-state index contributed by atoms with van der Waals surface area (Å²) in [5.74, 6) is 0. The maximum atomic E-state index is 6.73. The zero-order valence-electron chi connectivity index (χ0n) is 17.1. The molecule has 6 heteroatoms. The van der Waals surface area contributed by atoms with Crippen LogP contribution in [0, 0.1) is 0 Å². The Morgan fingerprint density at radius 3 is 1.09 bits per heavy atom. The molecule has 1 aliphatic heterocycles. The minimum atomic E-state index is -1.36. The number of rotatable bonds is 4. The standard InChI is InChI=1S/C27H16Cl4N2/c28-19-13-7-14-20(29)23(19)27(24-21(30)15-8-16-22(24)31)32-25(17-9-3-1-4-10-17)26(33-27)18-11-5-2-6-12-18/h1-16H. The Hall–Kier alpha value is -2.62. The van der Waals surface area contributed by atoms with Crippen LogP contribution in [0.3, 0.4) is 0 Å². The molecule has 1 aliphatic rings. The second-order valence-corrected chi connectivity index (χ2v) is 9.15. The van der Waals surface area contributed by atoms with Crippen LogP contribution in [-0.2, 0) is 5.66 Å². The fourth-order valence-electron chi connectivity index (χ4n) is 4.06. The number of hydrogen-bond acceptors (Lipinski definition) is 2. The molecule has 33 heavy (non-hydrogen) atoms. The minimum absolute atomic E-state index is 0.424. The molecule has 1 heterocycles. The molecule has 5 rings (SSSR count). The number of halogens is 4. The Kier molecular flexibility index (Phi) is 6.03. The summed E-state index contributed by atoms with van der Waals surface area (Å²) >= 11 is 26.9. The van der Waals surface area contributed by atoms with E-state index in [1.165, 1.54) is 0 Å². The lowest BCUT2D eigenvalue weighted by Crippen LogP contribution is -2.23. The van der Waals surface area contributed by atoms with Gasteiger partial charge < -0.3 is 0 Å². The summed E-state index contributed by atoms with van der Waals surface area (Å²) in [7, 11) is 0. The fourth-order valence-corrected chi connectivity index (χ4v) is 5.38. The van der Waals surface area contributed by atoms with Gasteiger partial charge in [-0.2, -0.15) is 0 Å². The highest BCUT2D eigenvalue weighted by Gasteiger charge is 2.45. The van der Waals surface area contributed by atoms with E-state index in [9.17, 15) is 0 Å². The first kappa shape index (κ1) is 22.2. The van der Waals surface area contributed by atoms with E-state index in [0.29, 0.717) is 42.6 Å². The zero-order chi connectivity index (χ0) is 23.0. The summed E-state index contributed by atoms with van der Waals surface area (Å²) in [5.41, 5.74) is 2.93. The highest BCUT2D eigenvalue weighted by atomic mass is 35.5. The molecule has 0 spiro atoms. The van der Waals surface area contributed by atoms with Crippen molar-refractivity contribution in [3.05, 3.63) is 139 Å². The highest BCUT2D eigenvalue weighted by Crippen LogP contribution is 2.50. The van der Waals surface area contributed by atoms with Gasteiger partial charge in [0, 0.05) is 22.3 Å². The average molecular weight is 510 g/mol. The van der Waals surface area contributed by atoms with Gasteiger partial charge >= 0.3 is 0 Å². The van der Waals surface area contributed by atoms with Crippen molar-refractivity contribution in [1.82, 2.24) is 0 Å². The van der Waals surface area contributed by atoms with Crippen LogP contribution in [0.15, 0.2) is 107 Å². The second kappa shape index (κ2) is 8.96.